The van der Waals surface area contributed by atoms with Gasteiger partial charge in [0.1, 0.15) is 0 Å². The molecule has 1 heteroatoms. The lowest BCUT2D eigenvalue weighted by molar-refractivity contribution is 0.860. The predicted octanol–water partition coefficient (Wildman–Crippen LogP) is 4.97. The molecule has 0 nitrogen and oxygen atoms in total. The van der Waals surface area contributed by atoms with Crippen molar-refractivity contribution in [2.24, 2.45) is 0 Å². The maximum atomic E-state index is 2.44. The van der Waals surface area contributed by atoms with Crippen molar-refractivity contribution >= 4 is 45.5 Å². The lowest BCUT2D eigenvalue weighted by Gasteiger charge is -2.26. The van der Waals surface area contributed by atoms with E-state index in [1.54, 1.807) is 5.56 Å². The fourth-order valence-electron chi connectivity index (χ4n) is 3.02. The number of benzene rings is 2. The number of hydrogen-bond acceptors (Lipinski definition) is 0. The van der Waals surface area contributed by atoms with Crippen LogP contribution in [0.25, 0.3) is 22.9 Å². The minimum atomic E-state index is 0.587. The molecule has 0 aromatic heterocycles. The van der Waals surface area contributed by atoms with E-state index < -0.39 is 0 Å². The van der Waals surface area contributed by atoms with Gasteiger partial charge in [0.05, 0.1) is 0 Å². The van der Waals surface area contributed by atoms with Gasteiger partial charge in [-0.2, -0.15) is 0 Å². The first-order valence-electron chi connectivity index (χ1n) is 5.94. The van der Waals surface area contributed by atoms with E-state index in [0.29, 0.717) is 5.92 Å². The first-order valence-corrected chi connectivity index (χ1v) is 7.02. The van der Waals surface area contributed by atoms with Gasteiger partial charge >= 0.3 is 0 Å². The van der Waals surface area contributed by atoms with Crippen LogP contribution in [0.2, 0.25) is 0 Å². The average Bonchev–Trinajstić information content (AvgIpc) is 2.38. The van der Waals surface area contributed by atoms with E-state index in [2.05, 4.69) is 71.2 Å². The number of halogens is 1. The third-order valence-electron chi connectivity index (χ3n) is 3.80. The Morgan fingerprint density at radius 2 is 1.94 bits per heavy atom. The highest BCUT2D eigenvalue weighted by molar-refractivity contribution is 14.1. The molecule has 2 aromatic rings. The summed E-state index contributed by atoms with van der Waals surface area (Å²) < 4.78 is 1.35. The van der Waals surface area contributed by atoms with E-state index in [0.717, 1.165) is 6.42 Å². The molecule has 0 spiro atoms. The molecule has 0 N–H and O–H groups in total. The van der Waals surface area contributed by atoms with Crippen molar-refractivity contribution in [3.63, 3.8) is 0 Å². The van der Waals surface area contributed by atoms with Crippen LogP contribution in [-0.4, -0.2) is 0 Å². The minimum Gasteiger partial charge on any atom is -0.0830 e. The van der Waals surface area contributed by atoms with Crippen molar-refractivity contribution in [2.75, 3.05) is 0 Å². The lowest BCUT2D eigenvalue weighted by atomic mass is 9.79. The normalized spacial score (nSPS) is 19.9. The molecule has 4 rings (SSSR count). The Hall–Kier alpha value is -1.09. The van der Waals surface area contributed by atoms with Gasteiger partial charge in [-0.25, -0.2) is 0 Å². The van der Waals surface area contributed by atoms with Crippen molar-refractivity contribution in [1.29, 1.82) is 0 Å². The van der Waals surface area contributed by atoms with Crippen LogP contribution in [0.15, 0.2) is 36.4 Å². The monoisotopic (exact) mass is 330 g/mol. The Kier molecular flexibility index (Phi) is 2.01. The van der Waals surface area contributed by atoms with Crippen LogP contribution in [0.4, 0.5) is 0 Å². The molecule has 82 valence electrons. The summed E-state index contributed by atoms with van der Waals surface area (Å²) in [6.45, 7) is 0. The van der Waals surface area contributed by atoms with Crippen LogP contribution in [0, 0.1) is 3.57 Å². The van der Waals surface area contributed by atoms with Crippen molar-refractivity contribution in [3.05, 3.63) is 56.7 Å². The second-order valence-electron chi connectivity index (χ2n) is 4.73. The van der Waals surface area contributed by atoms with E-state index in [9.17, 15) is 0 Å². The van der Waals surface area contributed by atoms with Crippen LogP contribution in [0.3, 0.4) is 0 Å². The van der Waals surface area contributed by atoms with Gasteiger partial charge in [0.15, 0.2) is 0 Å². The van der Waals surface area contributed by atoms with E-state index >= 15 is 0 Å². The lowest BCUT2D eigenvalue weighted by Crippen LogP contribution is -2.06. The summed E-state index contributed by atoms with van der Waals surface area (Å²) in [6.07, 6.45) is 10.4. The third kappa shape index (κ3) is 1.29. The summed E-state index contributed by atoms with van der Waals surface area (Å²) in [4.78, 5) is 0. The first-order chi connectivity index (χ1) is 8.34. The summed E-state index contributed by atoms with van der Waals surface area (Å²) in [7, 11) is 0. The maximum absolute atomic E-state index is 2.44. The van der Waals surface area contributed by atoms with Gasteiger partial charge in [-0.3, -0.25) is 0 Å². The Bertz CT molecular complexity index is 692. The Morgan fingerprint density at radius 3 is 2.88 bits per heavy atom. The van der Waals surface area contributed by atoms with Gasteiger partial charge in [0, 0.05) is 9.49 Å². The highest BCUT2D eigenvalue weighted by atomic mass is 127. The Morgan fingerprint density at radius 1 is 1.06 bits per heavy atom. The van der Waals surface area contributed by atoms with Crippen LogP contribution < -0.4 is 0 Å². The number of rotatable bonds is 0. The van der Waals surface area contributed by atoms with E-state index in [-0.39, 0.29) is 0 Å². The summed E-state index contributed by atoms with van der Waals surface area (Å²) in [5.74, 6) is 0.587. The van der Waals surface area contributed by atoms with Crippen molar-refractivity contribution in [2.45, 2.75) is 12.3 Å². The van der Waals surface area contributed by atoms with Gasteiger partial charge < -0.3 is 0 Å². The molecule has 2 aliphatic carbocycles. The molecule has 0 fully saturated rings. The highest BCUT2D eigenvalue weighted by Crippen LogP contribution is 2.42. The zero-order valence-corrected chi connectivity index (χ0v) is 11.4. The van der Waals surface area contributed by atoms with Gasteiger partial charge in [0.2, 0.25) is 0 Å². The van der Waals surface area contributed by atoms with Gasteiger partial charge in [-0.1, -0.05) is 42.5 Å². The first kappa shape index (κ1) is 9.89. The molecule has 0 bridgehead atoms. The smallest absolute Gasteiger partial charge is 0.0209 e. The minimum absolute atomic E-state index is 0.587. The molecular weight excluding hydrogens is 319 g/mol. The van der Waals surface area contributed by atoms with Crippen LogP contribution in [0.5, 0.6) is 0 Å². The summed E-state index contributed by atoms with van der Waals surface area (Å²) >= 11 is 2.44. The fourth-order valence-corrected chi connectivity index (χ4v) is 3.65. The molecule has 0 saturated heterocycles. The average molecular weight is 330 g/mol. The van der Waals surface area contributed by atoms with Gasteiger partial charge in [-0.15, -0.1) is 0 Å². The molecule has 0 radical (unpaired) electrons. The van der Waals surface area contributed by atoms with Crippen molar-refractivity contribution in [3.8, 4) is 0 Å². The SMILES string of the molecule is Ic1ccc2ccc3c4c2c1C=CC4CC=C3. The molecule has 0 amide bonds. The van der Waals surface area contributed by atoms with Crippen molar-refractivity contribution < 1.29 is 0 Å². The third-order valence-corrected chi connectivity index (χ3v) is 4.74. The van der Waals surface area contributed by atoms with Crippen LogP contribution in [0.1, 0.15) is 29.0 Å². The van der Waals surface area contributed by atoms with Gasteiger partial charge in [-0.05, 0) is 62.5 Å². The number of allylic oxidation sites excluding steroid dienone is 2. The summed E-state index contributed by atoms with van der Waals surface area (Å²) in [6, 6.07) is 8.97. The second-order valence-corrected chi connectivity index (χ2v) is 5.89. The molecule has 2 aromatic carbocycles. The molecule has 0 heterocycles. The zero-order valence-electron chi connectivity index (χ0n) is 9.28. The Labute approximate surface area is 114 Å². The molecule has 1 unspecified atom stereocenters. The quantitative estimate of drug-likeness (QED) is 0.598. The molecule has 0 aliphatic heterocycles. The number of hydrogen-bond donors (Lipinski definition) is 0. The Balaban J connectivity index is 2.26. The molecular formula is C16H11I. The van der Waals surface area contributed by atoms with Crippen molar-refractivity contribution in [1.82, 2.24) is 0 Å². The van der Waals surface area contributed by atoms with Crippen LogP contribution in [-0.2, 0) is 0 Å². The highest BCUT2D eigenvalue weighted by Gasteiger charge is 2.22. The fraction of sp³-hybridized carbons (Fsp3) is 0.125. The zero-order chi connectivity index (χ0) is 11.4. The van der Waals surface area contributed by atoms with Gasteiger partial charge in [0.25, 0.3) is 0 Å². The molecule has 2 aliphatic rings. The second kappa shape index (κ2) is 3.45. The predicted molar refractivity (Wildman–Crippen MR) is 82.1 cm³/mol. The summed E-state index contributed by atoms with van der Waals surface area (Å²) in [5.41, 5.74) is 4.36. The molecule has 17 heavy (non-hydrogen) atoms. The topological polar surface area (TPSA) is 0 Å². The standard InChI is InChI=1S/C16H11I/c17-14-9-7-12-5-4-10-2-1-3-11-6-8-13(14)16(12)15(10)11/h1-2,4-9,11H,3H2. The van der Waals surface area contributed by atoms with E-state index in [1.807, 2.05) is 0 Å². The molecule has 0 saturated carbocycles. The maximum Gasteiger partial charge on any atom is 0.0209 e. The molecule has 1 atom stereocenters. The largest absolute Gasteiger partial charge is 0.0830 e. The van der Waals surface area contributed by atoms with E-state index in [4.69, 9.17) is 0 Å². The van der Waals surface area contributed by atoms with Crippen LogP contribution >= 0.6 is 22.6 Å². The summed E-state index contributed by atoms with van der Waals surface area (Å²) in [5, 5.41) is 2.86. The van der Waals surface area contributed by atoms with E-state index in [1.165, 1.54) is 25.5 Å².